The van der Waals surface area contributed by atoms with Gasteiger partial charge in [0.05, 0.1) is 21.7 Å². The van der Waals surface area contributed by atoms with Gasteiger partial charge >= 0.3 is 0 Å². The molecule has 1 N–H and O–H groups in total. The zero-order valence-corrected chi connectivity index (χ0v) is 14.5. The first-order valence-electron chi connectivity index (χ1n) is 7.93. The van der Waals surface area contributed by atoms with Crippen LogP contribution in [-0.4, -0.2) is 5.91 Å². The second-order valence-electron chi connectivity index (χ2n) is 6.03. The number of amides is 1. The van der Waals surface area contributed by atoms with E-state index in [1.54, 1.807) is 18.2 Å². The molecular weight excluding hydrogens is 329 g/mol. The quantitative estimate of drug-likeness (QED) is 0.795. The highest BCUT2D eigenvalue weighted by molar-refractivity contribution is 6.43. The number of aryl methyl sites for hydroxylation is 2. The summed E-state index contributed by atoms with van der Waals surface area (Å²) in [5.41, 5.74) is 4.38. The maximum atomic E-state index is 12.4. The van der Waals surface area contributed by atoms with Crippen molar-refractivity contribution < 1.29 is 4.79 Å². The summed E-state index contributed by atoms with van der Waals surface area (Å²) in [5.74, 6) is -0.206. The Kier molecular flexibility index (Phi) is 4.93. The molecule has 0 aromatic heterocycles. The smallest absolute Gasteiger partial charge is 0.253 e. The fourth-order valence-corrected chi connectivity index (χ4v) is 3.45. The van der Waals surface area contributed by atoms with Gasteiger partial charge in [-0.2, -0.15) is 0 Å². The monoisotopic (exact) mass is 347 g/mol. The number of fused-ring (bicyclic) bond motifs is 1. The van der Waals surface area contributed by atoms with Crippen LogP contribution < -0.4 is 5.32 Å². The number of halogens is 2. The molecule has 1 unspecified atom stereocenters. The zero-order valence-electron chi connectivity index (χ0n) is 13.0. The van der Waals surface area contributed by atoms with Gasteiger partial charge in [-0.1, -0.05) is 47.5 Å². The molecule has 0 saturated heterocycles. The lowest BCUT2D eigenvalue weighted by Gasteiger charge is -2.20. The lowest BCUT2D eigenvalue weighted by molar-refractivity contribution is 0.0940. The van der Waals surface area contributed by atoms with Gasteiger partial charge in [-0.05, 0) is 61.4 Å². The van der Waals surface area contributed by atoms with Crippen molar-refractivity contribution in [2.75, 3.05) is 0 Å². The Morgan fingerprint density at radius 3 is 2.61 bits per heavy atom. The van der Waals surface area contributed by atoms with Crippen LogP contribution >= 0.6 is 23.2 Å². The van der Waals surface area contributed by atoms with E-state index in [0.717, 1.165) is 18.4 Å². The van der Waals surface area contributed by atoms with E-state index in [-0.39, 0.29) is 11.9 Å². The van der Waals surface area contributed by atoms with Crippen LogP contribution in [0, 0.1) is 0 Å². The van der Waals surface area contributed by atoms with Crippen LogP contribution in [0.3, 0.4) is 0 Å². The molecule has 2 nitrogen and oxygen atoms in total. The van der Waals surface area contributed by atoms with Crippen LogP contribution in [0.1, 0.15) is 52.9 Å². The van der Waals surface area contributed by atoms with Gasteiger partial charge in [-0.15, -0.1) is 0 Å². The van der Waals surface area contributed by atoms with E-state index in [1.807, 2.05) is 6.92 Å². The van der Waals surface area contributed by atoms with Crippen molar-refractivity contribution in [1.29, 1.82) is 0 Å². The summed E-state index contributed by atoms with van der Waals surface area (Å²) in [7, 11) is 0. The molecule has 0 heterocycles. The molecule has 0 fully saturated rings. The van der Waals surface area contributed by atoms with Crippen LogP contribution in [0.2, 0.25) is 10.0 Å². The van der Waals surface area contributed by atoms with Crippen LogP contribution in [-0.2, 0) is 12.8 Å². The third-order valence-corrected chi connectivity index (χ3v) is 5.24. The summed E-state index contributed by atoms with van der Waals surface area (Å²) in [6.07, 6.45) is 4.81. The van der Waals surface area contributed by atoms with E-state index in [0.29, 0.717) is 15.6 Å². The molecule has 0 saturated carbocycles. The first-order chi connectivity index (χ1) is 11.1. The first-order valence-corrected chi connectivity index (χ1v) is 8.68. The maximum Gasteiger partial charge on any atom is 0.253 e. The van der Waals surface area contributed by atoms with Gasteiger partial charge in [0, 0.05) is 0 Å². The molecule has 0 radical (unpaired) electrons. The highest BCUT2D eigenvalue weighted by Gasteiger charge is 2.17. The highest BCUT2D eigenvalue weighted by atomic mass is 35.5. The summed E-state index contributed by atoms with van der Waals surface area (Å²) >= 11 is 12.1. The summed E-state index contributed by atoms with van der Waals surface area (Å²) in [4.78, 5) is 12.4. The van der Waals surface area contributed by atoms with E-state index in [1.165, 1.54) is 24.0 Å². The Morgan fingerprint density at radius 2 is 1.83 bits per heavy atom. The predicted molar refractivity (Wildman–Crippen MR) is 95.4 cm³/mol. The average Bonchev–Trinajstić information content (AvgIpc) is 2.56. The number of rotatable bonds is 3. The Labute approximate surface area is 146 Å². The van der Waals surface area contributed by atoms with Crippen LogP contribution in [0.4, 0.5) is 0 Å². The second kappa shape index (κ2) is 6.94. The molecule has 0 bridgehead atoms. The number of carbonyl (C=O) groups excluding carboxylic acids is 1. The molecule has 2 aromatic carbocycles. The number of hydrogen-bond donors (Lipinski definition) is 1. The van der Waals surface area contributed by atoms with Gasteiger partial charge in [0.25, 0.3) is 5.91 Å². The Morgan fingerprint density at radius 1 is 1.09 bits per heavy atom. The summed E-state index contributed by atoms with van der Waals surface area (Å²) in [5, 5.41) is 3.69. The molecule has 120 valence electrons. The van der Waals surface area contributed by atoms with Gasteiger partial charge < -0.3 is 5.32 Å². The SMILES string of the molecule is CC(NC(=O)c1cccc(Cl)c1Cl)c1ccc2c(c1)CCCC2. The van der Waals surface area contributed by atoms with E-state index in [9.17, 15) is 4.79 Å². The van der Waals surface area contributed by atoms with Crippen molar-refractivity contribution in [3.8, 4) is 0 Å². The van der Waals surface area contributed by atoms with E-state index < -0.39 is 0 Å². The molecule has 1 aliphatic rings. The molecule has 3 rings (SSSR count). The molecule has 4 heteroatoms. The topological polar surface area (TPSA) is 29.1 Å². The van der Waals surface area contributed by atoms with Crippen molar-refractivity contribution >= 4 is 29.1 Å². The van der Waals surface area contributed by atoms with Gasteiger partial charge in [0.2, 0.25) is 0 Å². The van der Waals surface area contributed by atoms with Gasteiger partial charge in [0.15, 0.2) is 0 Å². The number of carbonyl (C=O) groups is 1. The second-order valence-corrected chi connectivity index (χ2v) is 6.82. The fourth-order valence-electron chi connectivity index (χ4n) is 3.06. The molecule has 0 aliphatic heterocycles. The molecule has 1 aliphatic carbocycles. The molecule has 0 spiro atoms. The van der Waals surface area contributed by atoms with Gasteiger partial charge in [-0.3, -0.25) is 4.79 Å². The van der Waals surface area contributed by atoms with E-state index in [2.05, 4.69) is 23.5 Å². The summed E-state index contributed by atoms with van der Waals surface area (Å²) in [6, 6.07) is 11.5. The molecular formula is C19H19Cl2NO. The van der Waals surface area contributed by atoms with E-state index >= 15 is 0 Å². The highest BCUT2D eigenvalue weighted by Crippen LogP contribution is 2.27. The van der Waals surface area contributed by atoms with Crippen molar-refractivity contribution in [1.82, 2.24) is 5.32 Å². The molecule has 23 heavy (non-hydrogen) atoms. The maximum absolute atomic E-state index is 12.4. The van der Waals surface area contributed by atoms with Crippen LogP contribution in [0.15, 0.2) is 36.4 Å². The Balaban J connectivity index is 1.77. The Bertz CT molecular complexity index is 742. The minimum atomic E-state index is -0.206. The standard InChI is InChI=1S/C19H19Cl2NO/c1-12(14-10-9-13-5-2-3-6-15(13)11-14)22-19(23)16-7-4-8-17(20)18(16)21/h4,7-12H,2-3,5-6H2,1H3,(H,22,23). The lowest BCUT2D eigenvalue weighted by atomic mass is 9.89. The minimum absolute atomic E-state index is 0.0789. The number of nitrogens with one attached hydrogen (secondary N) is 1. The Hall–Kier alpha value is -1.51. The number of benzene rings is 2. The summed E-state index contributed by atoms with van der Waals surface area (Å²) < 4.78 is 0. The van der Waals surface area contributed by atoms with Crippen molar-refractivity contribution in [3.63, 3.8) is 0 Å². The van der Waals surface area contributed by atoms with Crippen LogP contribution in [0.5, 0.6) is 0 Å². The normalized spacial score (nSPS) is 14.9. The summed E-state index contributed by atoms with van der Waals surface area (Å²) in [6.45, 7) is 1.99. The zero-order chi connectivity index (χ0) is 16.4. The lowest BCUT2D eigenvalue weighted by Crippen LogP contribution is -2.27. The number of hydrogen-bond acceptors (Lipinski definition) is 1. The van der Waals surface area contributed by atoms with Crippen molar-refractivity contribution in [3.05, 3.63) is 68.7 Å². The largest absolute Gasteiger partial charge is 0.345 e. The van der Waals surface area contributed by atoms with Crippen LogP contribution in [0.25, 0.3) is 0 Å². The third-order valence-electron chi connectivity index (χ3n) is 4.42. The van der Waals surface area contributed by atoms with Crippen molar-refractivity contribution in [2.24, 2.45) is 0 Å². The third kappa shape index (κ3) is 3.54. The molecule has 1 amide bonds. The van der Waals surface area contributed by atoms with Crippen molar-refractivity contribution in [2.45, 2.75) is 38.6 Å². The van der Waals surface area contributed by atoms with Gasteiger partial charge in [0.1, 0.15) is 0 Å². The predicted octanol–water partition coefficient (Wildman–Crippen LogP) is 5.36. The minimum Gasteiger partial charge on any atom is -0.345 e. The molecule has 2 aromatic rings. The van der Waals surface area contributed by atoms with Gasteiger partial charge in [-0.25, -0.2) is 0 Å². The molecule has 1 atom stereocenters. The van der Waals surface area contributed by atoms with E-state index in [4.69, 9.17) is 23.2 Å². The average molecular weight is 348 g/mol. The first kappa shape index (κ1) is 16.4. The fraction of sp³-hybridized carbons (Fsp3) is 0.316.